The van der Waals surface area contributed by atoms with E-state index in [0.29, 0.717) is 12.1 Å². The third-order valence-corrected chi connectivity index (χ3v) is 5.05. The molecule has 2 aromatic carbocycles. The van der Waals surface area contributed by atoms with Crippen LogP contribution in [-0.2, 0) is 22.7 Å². The molecule has 0 N–H and O–H groups in total. The number of non-ortho nitro benzene ring substituents is 1. The van der Waals surface area contributed by atoms with Gasteiger partial charge in [-0.15, -0.1) is 0 Å². The number of nitro benzene ring substituents is 1. The van der Waals surface area contributed by atoms with Crippen LogP contribution in [0.1, 0.15) is 17.5 Å². The van der Waals surface area contributed by atoms with Crippen LogP contribution in [0, 0.1) is 15.5 Å². The van der Waals surface area contributed by atoms with Gasteiger partial charge in [-0.1, -0.05) is 30.3 Å². The standard InChI is InChI=1S/C20H19F3N2O4/c21-20(22,23)19(10-11-24(14-19)12-15-4-2-1-3-5-15)18(26)29-13-16-6-8-17(9-7-16)25(27)28/h1-9H,10-14H2/t19-/m1/s1. The van der Waals surface area contributed by atoms with Crippen molar-refractivity contribution in [2.24, 2.45) is 5.41 Å². The first-order chi connectivity index (χ1) is 13.7. The van der Waals surface area contributed by atoms with E-state index in [2.05, 4.69) is 0 Å². The highest BCUT2D eigenvalue weighted by atomic mass is 19.4. The van der Waals surface area contributed by atoms with E-state index in [1.165, 1.54) is 24.3 Å². The van der Waals surface area contributed by atoms with Gasteiger partial charge in [0.15, 0.2) is 5.41 Å². The number of nitro groups is 1. The summed E-state index contributed by atoms with van der Waals surface area (Å²) in [6.45, 7) is -0.410. The molecule has 1 fully saturated rings. The topological polar surface area (TPSA) is 72.7 Å². The predicted octanol–water partition coefficient (Wildman–Crippen LogP) is 4.09. The Morgan fingerprint density at radius 2 is 1.76 bits per heavy atom. The highest BCUT2D eigenvalue weighted by Crippen LogP contribution is 2.47. The quantitative estimate of drug-likeness (QED) is 0.409. The van der Waals surface area contributed by atoms with Crippen molar-refractivity contribution in [3.63, 3.8) is 0 Å². The molecule has 0 amide bonds. The van der Waals surface area contributed by atoms with Gasteiger partial charge < -0.3 is 4.74 Å². The van der Waals surface area contributed by atoms with Gasteiger partial charge in [0.25, 0.3) is 5.69 Å². The van der Waals surface area contributed by atoms with Crippen molar-refractivity contribution >= 4 is 11.7 Å². The molecule has 2 aromatic rings. The van der Waals surface area contributed by atoms with Crippen molar-refractivity contribution in [1.82, 2.24) is 4.90 Å². The number of carbonyl (C=O) groups is 1. The second-order valence-corrected chi connectivity index (χ2v) is 7.03. The molecular formula is C20H19F3N2O4. The minimum absolute atomic E-state index is 0.126. The van der Waals surface area contributed by atoms with E-state index in [4.69, 9.17) is 4.74 Å². The lowest BCUT2D eigenvalue weighted by Crippen LogP contribution is -2.48. The molecule has 0 spiro atoms. The first-order valence-corrected chi connectivity index (χ1v) is 8.95. The number of halogens is 3. The number of esters is 1. The monoisotopic (exact) mass is 408 g/mol. The number of nitrogens with zero attached hydrogens (tertiary/aromatic N) is 2. The molecule has 6 nitrogen and oxygen atoms in total. The Labute approximate surface area is 165 Å². The van der Waals surface area contributed by atoms with Crippen molar-refractivity contribution in [2.75, 3.05) is 13.1 Å². The normalized spacial score (nSPS) is 19.8. The third-order valence-electron chi connectivity index (χ3n) is 5.05. The van der Waals surface area contributed by atoms with Gasteiger partial charge in [0.05, 0.1) is 4.92 Å². The second kappa shape index (κ2) is 8.20. The lowest BCUT2D eigenvalue weighted by atomic mass is 9.86. The van der Waals surface area contributed by atoms with Crippen LogP contribution in [0.3, 0.4) is 0 Å². The van der Waals surface area contributed by atoms with Crippen LogP contribution in [0.25, 0.3) is 0 Å². The molecule has 1 heterocycles. The molecule has 3 rings (SSSR count). The van der Waals surface area contributed by atoms with E-state index < -0.39 is 29.0 Å². The lowest BCUT2D eigenvalue weighted by Gasteiger charge is -2.29. The molecule has 0 bridgehead atoms. The summed E-state index contributed by atoms with van der Waals surface area (Å²) in [5.74, 6) is -1.32. The highest BCUT2D eigenvalue weighted by Gasteiger charge is 2.64. The van der Waals surface area contributed by atoms with Gasteiger partial charge in [0, 0.05) is 31.8 Å². The largest absolute Gasteiger partial charge is 0.460 e. The number of ether oxygens (including phenoxy) is 1. The van der Waals surface area contributed by atoms with E-state index in [0.717, 1.165) is 5.56 Å². The van der Waals surface area contributed by atoms with Crippen LogP contribution < -0.4 is 0 Å². The van der Waals surface area contributed by atoms with Gasteiger partial charge in [-0.2, -0.15) is 13.2 Å². The lowest BCUT2D eigenvalue weighted by molar-refractivity contribution is -0.384. The fourth-order valence-corrected chi connectivity index (χ4v) is 3.38. The van der Waals surface area contributed by atoms with E-state index in [9.17, 15) is 28.1 Å². The van der Waals surface area contributed by atoms with Gasteiger partial charge in [-0.25, -0.2) is 0 Å². The highest BCUT2D eigenvalue weighted by molar-refractivity contribution is 5.78. The summed E-state index contributed by atoms with van der Waals surface area (Å²) in [5, 5.41) is 10.7. The summed E-state index contributed by atoms with van der Waals surface area (Å²) >= 11 is 0. The molecule has 0 aliphatic carbocycles. The van der Waals surface area contributed by atoms with Gasteiger partial charge >= 0.3 is 12.1 Å². The second-order valence-electron chi connectivity index (χ2n) is 7.03. The van der Waals surface area contributed by atoms with Crippen molar-refractivity contribution in [3.8, 4) is 0 Å². The number of likely N-dealkylation sites (tertiary alicyclic amines) is 1. The van der Waals surface area contributed by atoms with Crippen LogP contribution in [0.2, 0.25) is 0 Å². The van der Waals surface area contributed by atoms with E-state index in [-0.39, 0.29) is 25.3 Å². The number of benzene rings is 2. The number of rotatable bonds is 6. The van der Waals surface area contributed by atoms with Gasteiger partial charge in [0.2, 0.25) is 0 Å². The first kappa shape index (κ1) is 20.8. The van der Waals surface area contributed by atoms with Crippen molar-refractivity contribution < 1.29 is 27.6 Å². The Hall–Kier alpha value is -2.94. The minimum atomic E-state index is -4.75. The van der Waals surface area contributed by atoms with Crippen LogP contribution in [0.15, 0.2) is 54.6 Å². The molecule has 1 atom stereocenters. The maximum absolute atomic E-state index is 13.8. The predicted molar refractivity (Wildman–Crippen MR) is 97.7 cm³/mol. The zero-order chi connectivity index (χ0) is 21.1. The van der Waals surface area contributed by atoms with Crippen LogP contribution >= 0.6 is 0 Å². The average Bonchev–Trinajstić information content (AvgIpc) is 3.12. The molecule has 0 unspecified atom stereocenters. The molecule has 0 radical (unpaired) electrons. The molecule has 29 heavy (non-hydrogen) atoms. The number of hydrogen-bond acceptors (Lipinski definition) is 5. The molecular weight excluding hydrogens is 389 g/mol. The van der Waals surface area contributed by atoms with Crippen LogP contribution in [0.4, 0.5) is 18.9 Å². The maximum atomic E-state index is 13.8. The summed E-state index contributed by atoms with van der Waals surface area (Å²) in [4.78, 5) is 24.1. The Bertz CT molecular complexity index is 872. The number of alkyl halides is 3. The fourth-order valence-electron chi connectivity index (χ4n) is 3.38. The third kappa shape index (κ3) is 4.56. The van der Waals surface area contributed by atoms with E-state index in [1.807, 2.05) is 18.2 Å². The molecule has 154 valence electrons. The Kier molecular flexibility index (Phi) is 5.88. The molecule has 1 aliphatic rings. The molecule has 9 heteroatoms. The summed E-state index contributed by atoms with van der Waals surface area (Å²) < 4.78 is 46.5. The summed E-state index contributed by atoms with van der Waals surface area (Å²) in [5.41, 5.74) is -1.49. The van der Waals surface area contributed by atoms with Crippen LogP contribution in [-0.4, -0.2) is 35.1 Å². The number of hydrogen-bond donors (Lipinski definition) is 0. The maximum Gasteiger partial charge on any atom is 0.406 e. The van der Waals surface area contributed by atoms with Crippen molar-refractivity contribution in [2.45, 2.75) is 25.7 Å². The Morgan fingerprint density at radius 1 is 1.10 bits per heavy atom. The Morgan fingerprint density at radius 3 is 2.34 bits per heavy atom. The molecule has 1 saturated heterocycles. The van der Waals surface area contributed by atoms with E-state index >= 15 is 0 Å². The minimum Gasteiger partial charge on any atom is -0.460 e. The fraction of sp³-hybridized carbons (Fsp3) is 0.350. The summed E-state index contributed by atoms with van der Waals surface area (Å²) in [6, 6.07) is 14.2. The first-order valence-electron chi connectivity index (χ1n) is 8.95. The van der Waals surface area contributed by atoms with Crippen LogP contribution in [0.5, 0.6) is 0 Å². The number of carbonyl (C=O) groups excluding carboxylic acids is 1. The zero-order valence-electron chi connectivity index (χ0n) is 15.4. The summed E-state index contributed by atoms with van der Waals surface area (Å²) in [6.07, 6.45) is -5.12. The molecule has 0 saturated carbocycles. The van der Waals surface area contributed by atoms with E-state index in [1.54, 1.807) is 17.0 Å². The summed E-state index contributed by atoms with van der Waals surface area (Å²) in [7, 11) is 0. The molecule has 1 aliphatic heterocycles. The zero-order valence-corrected chi connectivity index (χ0v) is 15.4. The smallest absolute Gasteiger partial charge is 0.406 e. The van der Waals surface area contributed by atoms with Crippen molar-refractivity contribution in [3.05, 3.63) is 75.8 Å². The molecule has 0 aromatic heterocycles. The van der Waals surface area contributed by atoms with Gasteiger partial charge in [0.1, 0.15) is 6.61 Å². The Balaban J connectivity index is 1.68. The van der Waals surface area contributed by atoms with Gasteiger partial charge in [-0.05, 0) is 29.7 Å². The van der Waals surface area contributed by atoms with Gasteiger partial charge in [-0.3, -0.25) is 19.8 Å². The average molecular weight is 408 g/mol. The van der Waals surface area contributed by atoms with Crippen molar-refractivity contribution in [1.29, 1.82) is 0 Å². The SMILES string of the molecule is O=C(OCc1ccc([N+](=O)[O-])cc1)[C@@]1(C(F)(F)F)CCN(Cc2ccccc2)C1.